The molecule has 3 aromatic rings. The highest BCUT2D eigenvalue weighted by atomic mass is 16.5. The highest BCUT2D eigenvalue weighted by molar-refractivity contribution is 5.88. The quantitative estimate of drug-likeness (QED) is 0.521. The fourth-order valence-corrected chi connectivity index (χ4v) is 2.78. The van der Waals surface area contributed by atoms with Gasteiger partial charge in [0.05, 0.1) is 5.52 Å². The number of rotatable bonds is 9. The maximum absolute atomic E-state index is 10.7. The first-order valence-corrected chi connectivity index (χ1v) is 8.27. The molecule has 0 fully saturated rings. The van der Waals surface area contributed by atoms with E-state index in [1.165, 1.54) is 11.1 Å². The molecule has 6 nitrogen and oxygen atoms in total. The van der Waals surface area contributed by atoms with E-state index in [-0.39, 0.29) is 6.61 Å². The topological polar surface area (TPSA) is 87.2 Å². The maximum atomic E-state index is 10.7. The number of aromatic nitrogens is 2. The standard InChI is InChI=1S/C19H21N3O3/c23-18(24)13-25-17-5-1-4-16-15(12-22-19(16)17)7-10-20-9-6-14-3-2-8-21-11-14/h1-5,8,11-12,20,22H,6-7,9-10,13H2,(H,23,24). The van der Waals surface area contributed by atoms with Crippen LogP contribution in [0.3, 0.4) is 0 Å². The lowest BCUT2D eigenvalue weighted by Gasteiger charge is -2.06. The Labute approximate surface area is 145 Å². The Morgan fingerprint density at radius 1 is 1.20 bits per heavy atom. The molecular formula is C19H21N3O3. The smallest absolute Gasteiger partial charge is 0.341 e. The van der Waals surface area contributed by atoms with Crippen LogP contribution in [0.25, 0.3) is 10.9 Å². The lowest BCUT2D eigenvalue weighted by atomic mass is 10.1. The van der Waals surface area contributed by atoms with Crippen LogP contribution in [0.4, 0.5) is 0 Å². The summed E-state index contributed by atoms with van der Waals surface area (Å²) in [6.07, 6.45) is 7.47. The Morgan fingerprint density at radius 3 is 2.88 bits per heavy atom. The molecule has 0 radical (unpaired) electrons. The molecule has 3 rings (SSSR count). The Bertz CT molecular complexity index is 830. The number of para-hydroxylation sites is 1. The van der Waals surface area contributed by atoms with E-state index in [1.807, 2.05) is 30.6 Å². The van der Waals surface area contributed by atoms with E-state index in [0.717, 1.165) is 36.8 Å². The zero-order valence-corrected chi connectivity index (χ0v) is 13.9. The van der Waals surface area contributed by atoms with E-state index in [0.29, 0.717) is 5.75 Å². The van der Waals surface area contributed by atoms with Crippen molar-refractivity contribution >= 4 is 16.9 Å². The van der Waals surface area contributed by atoms with Crippen molar-refractivity contribution in [3.05, 3.63) is 60.0 Å². The first-order chi connectivity index (χ1) is 12.2. The summed E-state index contributed by atoms with van der Waals surface area (Å²) in [5.74, 6) is -0.419. The number of fused-ring (bicyclic) bond motifs is 1. The van der Waals surface area contributed by atoms with Crippen molar-refractivity contribution in [2.75, 3.05) is 19.7 Å². The van der Waals surface area contributed by atoms with Crippen LogP contribution in [0.15, 0.2) is 48.9 Å². The zero-order valence-electron chi connectivity index (χ0n) is 13.9. The summed E-state index contributed by atoms with van der Waals surface area (Å²) < 4.78 is 5.33. The van der Waals surface area contributed by atoms with Gasteiger partial charge in [0.1, 0.15) is 5.75 Å². The Hall–Kier alpha value is -2.86. The van der Waals surface area contributed by atoms with Gasteiger partial charge in [0.25, 0.3) is 0 Å². The Kier molecular flexibility index (Phi) is 5.64. The molecular weight excluding hydrogens is 318 g/mol. The molecule has 6 heteroatoms. The summed E-state index contributed by atoms with van der Waals surface area (Å²) in [4.78, 5) is 18.0. The van der Waals surface area contributed by atoms with Crippen molar-refractivity contribution < 1.29 is 14.6 Å². The van der Waals surface area contributed by atoms with Crippen LogP contribution >= 0.6 is 0 Å². The third kappa shape index (κ3) is 4.58. The van der Waals surface area contributed by atoms with E-state index in [2.05, 4.69) is 21.4 Å². The van der Waals surface area contributed by atoms with E-state index in [1.54, 1.807) is 12.3 Å². The highest BCUT2D eigenvalue weighted by Crippen LogP contribution is 2.27. The van der Waals surface area contributed by atoms with Gasteiger partial charge in [-0.3, -0.25) is 4.98 Å². The van der Waals surface area contributed by atoms with Crippen LogP contribution in [0.5, 0.6) is 5.75 Å². The van der Waals surface area contributed by atoms with Crippen LogP contribution in [0, 0.1) is 0 Å². The summed E-state index contributed by atoms with van der Waals surface area (Å²) in [5.41, 5.74) is 3.25. The first kappa shape index (κ1) is 17.0. The lowest BCUT2D eigenvalue weighted by Crippen LogP contribution is -2.20. The van der Waals surface area contributed by atoms with Crippen LogP contribution in [-0.2, 0) is 17.6 Å². The fourth-order valence-electron chi connectivity index (χ4n) is 2.78. The molecule has 25 heavy (non-hydrogen) atoms. The Balaban J connectivity index is 1.53. The van der Waals surface area contributed by atoms with Crippen molar-refractivity contribution in [1.29, 1.82) is 0 Å². The second-order valence-corrected chi connectivity index (χ2v) is 5.79. The van der Waals surface area contributed by atoms with Crippen LogP contribution in [0.1, 0.15) is 11.1 Å². The maximum Gasteiger partial charge on any atom is 0.341 e. The molecule has 0 atom stereocenters. The third-order valence-corrected chi connectivity index (χ3v) is 4.00. The second kappa shape index (κ2) is 8.30. The number of nitrogens with one attached hydrogen (secondary N) is 2. The molecule has 1 aromatic carbocycles. The van der Waals surface area contributed by atoms with E-state index in [4.69, 9.17) is 9.84 Å². The summed E-state index contributed by atoms with van der Waals surface area (Å²) >= 11 is 0. The zero-order chi connectivity index (χ0) is 17.5. The molecule has 0 aliphatic rings. The minimum atomic E-state index is -0.985. The van der Waals surface area contributed by atoms with E-state index in [9.17, 15) is 4.79 Å². The number of aromatic amines is 1. The lowest BCUT2D eigenvalue weighted by molar-refractivity contribution is -0.139. The van der Waals surface area contributed by atoms with Crippen molar-refractivity contribution in [1.82, 2.24) is 15.3 Å². The largest absolute Gasteiger partial charge is 0.480 e. The molecule has 130 valence electrons. The van der Waals surface area contributed by atoms with Crippen molar-refractivity contribution in [3.8, 4) is 5.75 Å². The van der Waals surface area contributed by atoms with Gasteiger partial charge in [-0.2, -0.15) is 0 Å². The van der Waals surface area contributed by atoms with Crippen LogP contribution in [0.2, 0.25) is 0 Å². The number of aliphatic carboxylic acids is 1. The Morgan fingerprint density at radius 2 is 2.08 bits per heavy atom. The molecule has 2 aromatic heterocycles. The van der Waals surface area contributed by atoms with Gasteiger partial charge in [-0.25, -0.2) is 4.79 Å². The van der Waals surface area contributed by atoms with Crippen molar-refractivity contribution in [2.45, 2.75) is 12.8 Å². The number of carboxylic acid groups (broad SMARTS) is 1. The van der Waals surface area contributed by atoms with Crippen molar-refractivity contribution in [2.24, 2.45) is 0 Å². The number of pyridine rings is 1. The third-order valence-electron chi connectivity index (χ3n) is 4.00. The molecule has 0 bridgehead atoms. The van der Waals surface area contributed by atoms with E-state index < -0.39 is 5.97 Å². The minimum absolute atomic E-state index is 0.344. The van der Waals surface area contributed by atoms with Gasteiger partial charge in [-0.1, -0.05) is 18.2 Å². The fraction of sp³-hybridized carbons (Fsp3) is 0.263. The molecule has 2 heterocycles. The van der Waals surface area contributed by atoms with Gasteiger partial charge >= 0.3 is 5.97 Å². The number of H-pyrrole nitrogens is 1. The number of hydrogen-bond donors (Lipinski definition) is 3. The SMILES string of the molecule is O=C(O)COc1cccc2c(CCNCCc3cccnc3)c[nH]c12. The van der Waals surface area contributed by atoms with E-state index >= 15 is 0 Å². The van der Waals surface area contributed by atoms with Crippen LogP contribution < -0.4 is 10.1 Å². The normalized spacial score (nSPS) is 10.9. The summed E-state index contributed by atoms with van der Waals surface area (Å²) in [7, 11) is 0. The summed E-state index contributed by atoms with van der Waals surface area (Å²) in [5, 5.41) is 13.3. The van der Waals surface area contributed by atoms with Gasteiger partial charge < -0.3 is 20.1 Å². The summed E-state index contributed by atoms with van der Waals surface area (Å²) in [6, 6.07) is 9.70. The molecule has 0 saturated heterocycles. The van der Waals surface area contributed by atoms with Gasteiger partial charge in [0, 0.05) is 24.0 Å². The van der Waals surface area contributed by atoms with Gasteiger partial charge in [0.2, 0.25) is 0 Å². The van der Waals surface area contributed by atoms with Gasteiger partial charge in [-0.05, 0) is 49.2 Å². The molecule has 0 amide bonds. The monoisotopic (exact) mass is 339 g/mol. The molecule has 3 N–H and O–H groups in total. The number of carbonyl (C=O) groups is 1. The molecule has 0 aliphatic carbocycles. The molecule has 0 spiro atoms. The number of benzene rings is 1. The van der Waals surface area contributed by atoms with Crippen LogP contribution in [-0.4, -0.2) is 40.7 Å². The second-order valence-electron chi connectivity index (χ2n) is 5.79. The number of hydrogen-bond acceptors (Lipinski definition) is 4. The number of nitrogens with zero attached hydrogens (tertiary/aromatic N) is 1. The number of ether oxygens (including phenoxy) is 1. The average Bonchev–Trinajstić information content (AvgIpc) is 3.04. The first-order valence-electron chi connectivity index (χ1n) is 8.27. The number of carboxylic acids is 1. The minimum Gasteiger partial charge on any atom is -0.480 e. The summed E-state index contributed by atoms with van der Waals surface area (Å²) in [6.45, 7) is 1.43. The van der Waals surface area contributed by atoms with Crippen molar-refractivity contribution in [3.63, 3.8) is 0 Å². The predicted molar refractivity (Wildman–Crippen MR) is 95.9 cm³/mol. The predicted octanol–water partition coefficient (Wildman–Crippen LogP) is 2.40. The highest BCUT2D eigenvalue weighted by Gasteiger charge is 2.09. The molecule has 0 unspecified atom stereocenters. The average molecular weight is 339 g/mol. The van der Waals surface area contributed by atoms with Gasteiger partial charge in [0.15, 0.2) is 6.61 Å². The molecule has 0 aliphatic heterocycles. The van der Waals surface area contributed by atoms with Gasteiger partial charge in [-0.15, -0.1) is 0 Å². The molecule has 0 saturated carbocycles.